The van der Waals surface area contributed by atoms with Crippen molar-refractivity contribution in [3.05, 3.63) is 75.5 Å². The van der Waals surface area contributed by atoms with Gasteiger partial charge in [0.25, 0.3) is 0 Å². The van der Waals surface area contributed by atoms with E-state index in [1.165, 1.54) is 10.6 Å². The normalized spacial score (nSPS) is 9.22. The van der Waals surface area contributed by atoms with Gasteiger partial charge in [-0.25, -0.2) is 0 Å². The van der Waals surface area contributed by atoms with Crippen LogP contribution in [-0.2, 0) is 17.1 Å². The van der Waals surface area contributed by atoms with Gasteiger partial charge in [0.2, 0.25) is 0 Å². The molecule has 3 heteroatoms. The van der Waals surface area contributed by atoms with E-state index >= 15 is 0 Å². The van der Waals surface area contributed by atoms with Gasteiger partial charge in [0, 0.05) is 6.04 Å². The summed E-state index contributed by atoms with van der Waals surface area (Å²) in [6.45, 7) is 6.64. The van der Waals surface area contributed by atoms with Crippen molar-refractivity contribution in [3.8, 4) is 0 Å². The second-order valence-corrected chi connectivity index (χ2v) is 7.44. The van der Waals surface area contributed by atoms with Crippen LogP contribution in [-0.4, -0.2) is 31.7 Å². The van der Waals surface area contributed by atoms with E-state index in [1.54, 1.807) is 0 Å². The molecule has 0 aliphatic heterocycles. The number of rotatable bonds is 3. The summed E-state index contributed by atoms with van der Waals surface area (Å²) in [5, 5.41) is 2.88. The van der Waals surface area contributed by atoms with Crippen molar-refractivity contribution in [2.45, 2.75) is 19.9 Å². The summed E-state index contributed by atoms with van der Waals surface area (Å²) in [6.07, 6.45) is 0. The zero-order chi connectivity index (χ0) is 15.0. The molecule has 0 atom stereocenters. The van der Waals surface area contributed by atoms with Gasteiger partial charge in [-0.3, -0.25) is 0 Å². The molecular formula is C20H32FeNP. The summed E-state index contributed by atoms with van der Waals surface area (Å²) in [5.74, 6) is 0. The van der Waals surface area contributed by atoms with Gasteiger partial charge in [-0.1, -0.05) is 60.7 Å². The first-order valence-corrected chi connectivity index (χ1v) is 8.81. The van der Waals surface area contributed by atoms with E-state index in [0.717, 1.165) is 0 Å². The van der Waals surface area contributed by atoms with Crippen LogP contribution in [0.4, 0.5) is 0 Å². The van der Waals surface area contributed by atoms with Crippen molar-refractivity contribution < 1.29 is 17.1 Å². The van der Waals surface area contributed by atoms with E-state index in [9.17, 15) is 0 Å². The van der Waals surface area contributed by atoms with Gasteiger partial charge < -0.3 is 19.8 Å². The average Bonchev–Trinajstić information content (AvgIpc) is 2.49. The molecule has 23 heavy (non-hydrogen) atoms. The van der Waals surface area contributed by atoms with Crippen LogP contribution in [0, 0.1) is 14.9 Å². The molecule has 2 aromatic rings. The molecule has 0 N–H and O–H groups in total. The third kappa shape index (κ3) is 10.7. The van der Waals surface area contributed by atoms with Crippen LogP contribution in [0.5, 0.6) is 0 Å². The van der Waals surface area contributed by atoms with Crippen LogP contribution in [0.3, 0.4) is 0 Å². The average molecular weight is 373 g/mol. The minimum absolute atomic E-state index is 0. The van der Waals surface area contributed by atoms with Gasteiger partial charge in [-0.2, -0.15) is 0 Å². The van der Waals surface area contributed by atoms with Crippen LogP contribution < -0.4 is 10.6 Å². The summed E-state index contributed by atoms with van der Waals surface area (Å²) in [5.41, 5.74) is 0. The van der Waals surface area contributed by atoms with Gasteiger partial charge in [-0.05, 0) is 53.1 Å². The fraction of sp³-hybridized carbons (Fsp3) is 0.300. The number of nitrogens with zero attached hydrogens (tertiary/aromatic N) is 1. The van der Waals surface area contributed by atoms with Crippen molar-refractivity contribution in [1.29, 1.82) is 0 Å². The fourth-order valence-electron chi connectivity index (χ4n) is 1.45. The Morgan fingerprint density at radius 1 is 0.739 bits per heavy atom. The van der Waals surface area contributed by atoms with Gasteiger partial charge in [-0.15, -0.1) is 0 Å². The number of hydrogen-bond donors (Lipinski definition) is 0. The molecule has 2 rings (SSSR count). The van der Waals surface area contributed by atoms with E-state index < -0.39 is 0 Å². The number of benzene rings is 2. The topological polar surface area (TPSA) is 3.24 Å². The Morgan fingerprint density at radius 2 is 1.00 bits per heavy atom. The molecule has 0 bridgehead atoms. The van der Waals surface area contributed by atoms with Gasteiger partial charge in [0.05, 0.1) is 0 Å². The van der Waals surface area contributed by atoms with Crippen LogP contribution >= 0.6 is 7.92 Å². The first kappa shape index (κ1) is 27.2. The van der Waals surface area contributed by atoms with Crippen molar-refractivity contribution in [2.75, 3.05) is 20.8 Å². The van der Waals surface area contributed by atoms with Gasteiger partial charge in [0.15, 0.2) is 0 Å². The minimum Gasteiger partial charge on any atom is -0.358 e. The summed E-state index contributed by atoms with van der Waals surface area (Å²) >= 11 is 0. The van der Waals surface area contributed by atoms with Crippen molar-refractivity contribution in [3.63, 3.8) is 0 Å². The second-order valence-electron chi connectivity index (χ2n) is 5.29. The second kappa shape index (κ2) is 14.9. The smallest absolute Gasteiger partial charge is 0.358 e. The maximum Gasteiger partial charge on any atom is 2.00 e. The Labute approximate surface area is 156 Å². The zero-order valence-electron chi connectivity index (χ0n) is 15.6. The van der Waals surface area contributed by atoms with E-state index in [0.29, 0.717) is 6.04 Å². The summed E-state index contributed by atoms with van der Waals surface area (Å²) < 4.78 is 0. The van der Waals surface area contributed by atoms with Crippen LogP contribution in [0.1, 0.15) is 13.8 Å². The Hall–Kier alpha value is -0.651. The summed E-state index contributed by atoms with van der Waals surface area (Å²) in [6, 6.07) is 22.1. The Bertz CT molecular complexity index is 426. The predicted octanol–water partition coefficient (Wildman–Crippen LogP) is 4.60. The standard InChI is InChI=1S/C13H13P.C5H13N.2CH3.Fe/c1-14(12-8-4-2-5-9-12)13-10-6-3-7-11-13;1-5(2)6(3)4;;;/h2-11H,1H3;5H,1-4H3;2*1H3;/q;;2*-1;+2. The molecule has 0 aromatic heterocycles. The fourth-order valence-corrected chi connectivity index (χ4v) is 2.99. The molecule has 2 aromatic carbocycles. The Kier molecular flexibility index (Phi) is 17.6. The monoisotopic (exact) mass is 373 g/mol. The van der Waals surface area contributed by atoms with Crippen molar-refractivity contribution >= 4 is 18.5 Å². The Balaban J connectivity index is -0.000000392. The van der Waals surface area contributed by atoms with E-state index in [4.69, 9.17) is 0 Å². The van der Waals surface area contributed by atoms with Crippen LogP contribution in [0.15, 0.2) is 60.7 Å². The maximum absolute atomic E-state index is 2.31. The molecule has 0 aliphatic carbocycles. The molecule has 0 radical (unpaired) electrons. The quantitative estimate of drug-likeness (QED) is 0.432. The van der Waals surface area contributed by atoms with E-state index in [1.807, 2.05) is 0 Å². The molecule has 0 amide bonds. The first-order valence-electron chi connectivity index (χ1n) is 7.02. The molecule has 130 valence electrons. The minimum atomic E-state index is -0.171. The molecule has 0 unspecified atom stereocenters. The van der Waals surface area contributed by atoms with E-state index in [-0.39, 0.29) is 39.8 Å². The molecule has 0 aliphatic rings. The molecule has 0 heterocycles. The Morgan fingerprint density at radius 3 is 1.22 bits per heavy atom. The van der Waals surface area contributed by atoms with Crippen LogP contribution in [0.2, 0.25) is 0 Å². The molecular weight excluding hydrogens is 341 g/mol. The predicted molar refractivity (Wildman–Crippen MR) is 107 cm³/mol. The molecule has 0 saturated carbocycles. The number of hydrogen-bond acceptors (Lipinski definition) is 1. The third-order valence-electron chi connectivity index (χ3n) is 3.32. The first-order chi connectivity index (χ1) is 9.52. The maximum atomic E-state index is 2.31. The molecule has 0 saturated heterocycles. The molecule has 1 nitrogen and oxygen atoms in total. The molecule has 0 spiro atoms. The van der Waals surface area contributed by atoms with E-state index in [2.05, 4.69) is 100 Å². The SMILES string of the molecule is CC(C)N(C)C.CP(c1ccccc1)c1ccccc1.[CH3-].[CH3-].[Fe+2]. The summed E-state index contributed by atoms with van der Waals surface area (Å²) in [4.78, 5) is 2.17. The zero-order valence-corrected chi connectivity index (χ0v) is 17.6. The molecule has 0 fully saturated rings. The van der Waals surface area contributed by atoms with Gasteiger partial charge in [0.1, 0.15) is 0 Å². The van der Waals surface area contributed by atoms with Crippen molar-refractivity contribution in [1.82, 2.24) is 4.90 Å². The van der Waals surface area contributed by atoms with Crippen LogP contribution in [0.25, 0.3) is 0 Å². The largest absolute Gasteiger partial charge is 2.00 e. The van der Waals surface area contributed by atoms with Gasteiger partial charge >= 0.3 is 17.1 Å². The third-order valence-corrected chi connectivity index (χ3v) is 5.47. The summed E-state index contributed by atoms with van der Waals surface area (Å²) in [7, 11) is 3.98. The van der Waals surface area contributed by atoms with Crippen molar-refractivity contribution in [2.24, 2.45) is 0 Å².